The number of nitrogens with zero attached hydrogens (tertiary/aromatic N) is 2. The van der Waals surface area contributed by atoms with Crippen molar-refractivity contribution in [2.45, 2.75) is 18.9 Å². The van der Waals surface area contributed by atoms with Gasteiger partial charge in [0.25, 0.3) is 0 Å². The van der Waals surface area contributed by atoms with Gasteiger partial charge in [-0.1, -0.05) is 0 Å². The maximum absolute atomic E-state index is 11.2. The Labute approximate surface area is 84.7 Å². The lowest BCUT2D eigenvalue weighted by atomic mass is 10.1. The Bertz CT molecular complexity index is 294. The van der Waals surface area contributed by atoms with Crippen molar-refractivity contribution in [2.24, 2.45) is 0 Å². The van der Waals surface area contributed by atoms with Crippen LogP contribution in [-0.4, -0.2) is 56.5 Å². The average molecular weight is 219 g/mol. The first-order valence-corrected chi connectivity index (χ1v) is 6.35. The average Bonchev–Trinajstić information content (AvgIpc) is 2.15. The van der Waals surface area contributed by atoms with Gasteiger partial charge in [0.1, 0.15) is 0 Å². The van der Waals surface area contributed by atoms with Crippen molar-refractivity contribution in [3.8, 4) is 0 Å². The van der Waals surface area contributed by atoms with Crippen molar-refractivity contribution >= 4 is 16.4 Å². The molecule has 0 bridgehead atoms. The molecule has 1 fully saturated rings. The third kappa shape index (κ3) is 2.68. The zero-order valence-electron chi connectivity index (χ0n) is 8.43. The summed E-state index contributed by atoms with van der Waals surface area (Å²) in [4.78, 5) is 11.8. The molecule has 6 heteroatoms. The van der Waals surface area contributed by atoms with Crippen LogP contribution in [0.2, 0.25) is 0 Å². The molecule has 14 heavy (non-hydrogen) atoms. The van der Waals surface area contributed by atoms with Gasteiger partial charge in [0, 0.05) is 26.2 Å². The fourth-order valence-electron chi connectivity index (χ4n) is 1.64. The number of rotatable bonds is 3. The molecule has 1 aliphatic heterocycles. The molecule has 0 unspecified atom stereocenters. The molecule has 0 aromatic rings. The Morgan fingerprint density at radius 3 is 2.21 bits per heavy atom. The van der Waals surface area contributed by atoms with Crippen LogP contribution in [0, 0.1) is 0 Å². The summed E-state index contributed by atoms with van der Waals surface area (Å²) in [5.41, 5.74) is 0. The Balaban J connectivity index is 2.50. The van der Waals surface area contributed by atoms with E-state index in [1.807, 2.05) is 0 Å². The summed E-state index contributed by atoms with van der Waals surface area (Å²) in [7, 11) is -1.39. The van der Waals surface area contributed by atoms with E-state index in [0.717, 1.165) is 0 Å². The highest BCUT2D eigenvalue weighted by molar-refractivity contribution is 7.88. The van der Waals surface area contributed by atoms with E-state index in [-0.39, 0.29) is 6.04 Å². The summed E-state index contributed by atoms with van der Waals surface area (Å²) >= 11 is 0. The van der Waals surface area contributed by atoms with E-state index < -0.39 is 10.0 Å². The Kier molecular flexibility index (Phi) is 3.49. The van der Waals surface area contributed by atoms with Gasteiger partial charge < -0.3 is 4.90 Å². The molecule has 0 spiro atoms. The van der Waals surface area contributed by atoms with Crippen LogP contribution in [0.25, 0.3) is 0 Å². The minimum atomic E-state index is -3.07. The molecule has 1 aliphatic rings. The number of carbonyl (C=O) groups excluding carboxylic acids is 1. The van der Waals surface area contributed by atoms with Crippen molar-refractivity contribution in [2.75, 3.05) is 26.4 Å². The van der Waals surface area contributed by atoms with Crippen LogP contribution in [0.1, 0.15) is 12.8 Å². The topological polar surface area (TPSA) is 57.7 Å². The SMILES string of the molecule is CN([C]=O)C1CCN(S(C)(=O)=O)CC1. The van der Waals surface area contributed by atoms with Crippen LogP contribution < -0.4 is 0 Å². The minimum Gasteiger partial charge on any atom is -0.334 e. The van der Waals surface area contributed by atoms with E-state index in [2.05, 4.69) is 0 Å². The van der Waals surface area contributed by atoms with Gasteiger partial charge in [-0.3, -0.25) is 4.79 Å². The third-order valence-electron chi connectivity index (χ3n) is 2.58. The van der Waals surface area contributed by atoms with Crippen LogP contribution in [0.3, 0.4) is 0 Å². The van der Waals surface area contributed by atoms with Gasteiger partial charge in [-0.15, -0.1) is 0 Å². The van der Waals surface area contributed by atoms with E-state index in [1.54, 1.807) is 13.5 Å². The monoisotopic (exact) mass is 219 g/mol. The second kappa shape index (κ2) is 4.27. The summed E-state index contributed by atoms with van der Waals surface area (Å²) in [6, 6.07) is 0.130. The lowest BCUT2D eigenvalue weighted by Crippen LogP contribution is -2.44. The summed E-state index contributed by atoms with van der Waals surface area (Å²) < 4.78 is 23.8. The number of hydrogen-bond acceptors (Lipinski definition) is 3. The number of amides is 1. The minimum absolute atomic E-state index is 0.130. The van der Waals surface area contributed by atoms with Gasteiger partial charge in [0.05, 0.1) is 6.26 Å². The highest BCUT2D eigenvalue weighted by Gasteiger charge is 2.26. The first-order valence-electron chi connectivity index (χ1n) is 4.51. The predicted molar refractivity (Wildman–Crippen MR) is 52.9 cm³/mol. The van der Waals surface area contributed by atoms with E-state index in [1.165, 1.54) is 15.5 Å². The zero-order valence-corrected chi connectivity index (χ0v) is 9.25. The molecule has 1 rings (SSSR count). The molecule has 1 amide bonds. The van der Waals surface area contributed by atoms with Crippen LogP contribution >= 0.6 is 0 Å². The van der Waals surface area contributed by atoms with E-state index >= 15 is 0 Å². The quantitative estimate of drug-likeness (QED) is 0.596. The molecular formula is C8H15N2O3S. The normalized spacial score (nSPS) is 20.7. The van der Waals surface area contributed by atoms with Crippen LogP contribution in [0.15, 0.2) is 0 Å². The van der Waals surface area contributed by atoms with Gasteiger partial charge in [0.2, 0.25) is 10.0 Å². The summed E-state index contributed by atoms with van der Waals surface area (Å²) in [6.07, 6.45) is 4.40. The number of hydrogen-bond donors (Lipinski definition) is 0. The van der Waals surface area contributed by atoms with Crippen molar-refractivity contribution in [1.82, 2.24) is 9.21 Å². The molecule has 0 aromatic heterocycles. The smallest absolute Gasteiger partial charge is 0.312 e. The molecule has 1 radical (unpaired) electrons. The van der Waals surface area contributed by atoms with E-state index in [4.69, 9.17) is 0 Å². The van der Waals surface area contributed by atoms with Gasteiger partial charge in [-0.2, -0.15) is 0 Å². The summed E-state index contributed by atoms with van der Waals surface area (Å²) in [5, 5.41) is 0. The van der Waals surface area contributed by atoms with Crippen molar-refractivity contribution in [3.63, 3.8) is 0 Å². The lowest BCUT2D eigenvalue weighted by molar-refractivity contribution is 0.226. The maximum atomic E-state index is 11.2. The molecule has 1 saturated heterocycles. The predicted octanol–water partition coefficient (Wildman–Crippen LogP) is -0.591. The standard InChI is InChI=1S/C8H15N2O3S/c1-9(7-11)8-3-5-10(6-4-8)14(2,12)13/h8H,3-6H2,1-2H3. The van der Waals surface area contributed by atoms with Crippen LogP contribution in [0.5, 0.6) is 0 Å². The Morgan fingerprint density at radius 2 is 1.86 bits per heavy atom. The highest BCUT2D eigenvalue weighted by Crippen LogP contribution is 2.16. The second-order valence-electron chi connectivity index (χ2n) is 3.60. The van der Waals surface area contributed by atoms with Crippen LogP contribution in [0.4, 0.5) is 0 Å². The molecule has 0 N–H and O–H groups in total. The number of piperidine rings is 1. The summed E-state index contributed by atoms with van der Waals surface area (Å²) in [5.74, 6) is 0. The first-order chi connectivity index (χ1) is 6.45. The Hall–Kier alpha value is -0.620. The van der Waals surface area contributed by atoms with Crippen LogP contribution in [-0.2, 0) is 14.8 Å². The molecule has 81 valence electrons. The largest absolute Gasteiger partial charge is 0.334 e. The molecule has 5 nitrogen and oxygen atoms in total. The molecule has 0 aliphatic carbocycles. The molecule has 1 heterocycles. The van der Waals surface area contributed by atoms with Crippen molar-refractivity contribution < 1.29 is 13.2 Å². The lowest BCUT2D eigenvalue weighted by Gasteiger charge is -2.33. The summed E-state index contributed by atoms with van der Waals surface area (Å²) in [6.45, 7) is 0.991. The molecule has 0 saturated carbocycles. The number of sulfonamides is 1. The van der Waals surface area contributed by atoms with Gasteiger partial charge in [-0.25, -0.2) is 12.7 Å². The fourth-order valence-corrected chi connectivity index (χ4v) is 2.51. The van der Waals surface area contributed by atoms with Crippen molar-refractivity contribution in [3.05, 3.63) is 0 Å². The Morgan fingerprint density at radius 1 is 1.36 bits per heavy atom. The highest BCUT2D eigenvalue weighted by atomic mass is 32.2. The maximum Gasteiger partial charge on any atom is 0.312 e. The zero-order chi connectivity index (χ0) is 10.8. The fraction of sp³-hybridized carbons (Fsp3) is 0.875. The van der Waals surface area contributed by atoms with E-state index in [9.17, 15) is 13.2 Å². The van der Waals surface area contributed by atoms with Gasteiger partial charge in [-0.05, 0) is 12.8 Å². The van der Waals surface area contributed by atoms with E-state index in [0.29, 0.717) is 25.9 Å². The molecule has 0 atom stereocenters. The van der Waals surface area contributed by atoms with Gasteiger partial charge in [0.15, 0.2) is 0 Å². The van der Waals surface area contributed by atoms with Gasteiger partial charge >= 0.3 is 6.41 Å². The van der Waals surface area contributed by atoms with Crippen molar-refractivity contribution in [1.29, 1.82) is 0 Å². The first kappa shape index (κ1) is 11.5. The molecule has 0 aromatic carbocycles. The third-order valence-corrected chi connectivity index (χ3v) is 3.89. The molecular weight excluding hydrogens is 204 g/mol. The second-order valence-corrected chi connectivity index (χ2v) is 5.58.